The molecule has 7 nitrogen and oxygen atoms in total. The molecule has 2 aromatic rings. The van der Waals surface area contributed by atoms with Crippen molar-refractivity contribution in [3.63, 3.8) is 0 Å². The highest BCUT2D eigenvalue weighted by Gasteiger charge is 2.17. The first kappa shape index (κ1) is 12.2. The molecule has 0 bridgehead atoms. The number of carbonyl (C=O) groups is 1. The molecule has 92 valence electrons. The number of rotatable bonds is 3. The number of hydrogen-bond acceptors (Lipinski definition) is 4. The maximum absolute atomic E-state index is 10.9. The summed E-state index contributed by atoms with van der Waals surface area (Å²) in [4.78, 5) is 21.0. The third-order valence-electron chi connectivity index (χ3n) is 2.19. The Bertz CT molecular complexity index is 638. The van der Waals surface area contributed by atoms with Crippen LogP contribution in [0.1, 0.15) is 10.5 Å². The van der Waals surface area contributed by atoms with Crippen LogP contribution in [-0.4, -0.2) is 25.8 Å². The summed E-state index contributed by atoms with van der Waals surface area (Å²) >= 11 is 3.20. The van der Waals surface area contributed by atoms with Crippen molar-refractivity contribution in [3.05, 3.63) is 50.7 Å². The number of carboxylic acid groups (broad SMARTS) is 1. The molecule has 1 aromatic carbocycles. The maximum Gasteiger partial charge on any atom is 0.356 e. The number of aromatic nitrogens is 2. The molecule has 1 aromatic heterocycles. The molecule has 1 N–H and O–H groups in total. The highest BCUT2D eigenvalue weighted by atomic mass is 79.9. The Morgan fingerprint density at radius 1 is 1.44 bits per heavy atom. The van der Waals surface area contributed by atoms with Crippen molar-refractivity contribution in [1.82, 2.24) is 9.78 Å². The Morgan fingerprint density at radius 3 is 2.72 bits per heavy atom. The van der Waals surface area contributed by atoms with Crippen LogP contribution < -0.4 is 0 Å². The second-order valence-corrected chi connectivity index (χ2v) is 4.26. The molecular weight excluding hydrogens is 306 g/mol. The van der Waals surface area contributed by atoms with E-state index < -0.39 is 10.9 Å². The molecule has 18 heavy (non-hydrogen) atoms. The predicted molar refractivity (Wildman–Crippen MR) is 64.9 cm³/mol. The minimum absolute atomic E-state index is 0.154. The van der Waals surface area contributed by atoms with E-state index in [0.29, 0.717) is 4.47 Å². The van der Waals surface area contributed by atoms with Crippen molar-refractivity contribution in [1.29, 1.82) is 0 Å². The standard InChI is InChI=1S/C10H6BrN3O4/c11-6-1-2-8(14(17)18)9(5-6)13-4-3-7(12-13)10(15)16/h1-5H,(H,15,16). The van der Waals surface area contributed by atoms with Crippen LogP contribution >= 0.6 is 15.9 Å². The topological polar surface area (TPSA) is 98.3 Å². The van der Waals surface area contributed by atoms with Crippen LogP contribution in [0.3, 0.4) is 0 Å². The van der Waals surface area contributed by atoms with E-state index in [1.165, 1.54) is 30.5 Å². The lowest BCUT2D eigenvalue weighted by atomic mass is 10.3. The normalized spacial score (nSPS) is 10.3. The van der Waals surface area contributed by atoms with Crippen LogP contribution in [0, 0.1) is 10.1 Å². The molecule has 0 amide bonds. The van der Waals surface area contributed by atoms with Gasteiger partial charge in [0.05, 0.1) is 4.92 Å². The molecule has 2 rings (SSSR count). The number of nitro groups is 1. The Morgan fingerprint density at radius 2 is 2.17 bits per heavy atom. The van der Waals surface area contributed by atoms with Gasteiger partial charge >= 0.3 is 5.97 Å². The first-order chi connectivity index (χ1) is 8.49. The molecule has 0 aliphatic heterocycles. The molecule has 0 atom stereocenters. The van der Waals surface area contributed by atoms with Gasteiger partial charge in [0.25, 0.3) is 5.69 Å². The molecule has 0 fully saturated rings. The third-order valence-corrected chi connectivity index (χ3v) is 2.68. The molecule has 0 radical (unpaired) electrons. The zero-order valence-electron chi connectivity index (χ0n) is 8.78. The lowest BCUT2D eigenvalue weighted by Gasteiger charge is -2.03. The average Bonchev–Trinajstić information content (AvgIpc) is 2.77. The minimum Gasteiger partial charge on any atom is -0.476 e. The molecule has 0 aliphatic carbocycles. The fourth-order valence-corrected chi connectivity index (χ4v) is 1.76. The molecule has 0 unspecified atom stereocenters. The number of carboxylic acids is 1. The first-order valence-corrected chi connectivity index (χ1v) is 5.51. The fraction of sp³-hybridized carbons (Fsp3) is 0. The average molecular weight is 312 g/mol. The number of nitro benzene ring substituents is 1. The van der Waals surface area contributed by atoms with E-state index in [2.05, 4.69) is 21.0 Å². The van der Waals surface area contributed by atoms with Crippen LogP contribution in [0.25, 0.3) is 5.69 Å². The number of halogens is 1. The quantitative estimate of drug-likeness (QED) is 0.692. The van der Waals surface area contributed by atoms with Crippen LogP contribution in [0.2, 0.25) is 0 Å². The van der Waals surface area contributed by atoms with Crippen molar-refractivity contribution < 1.29 is 14.8 Å². The van der Waals surface area contributed by atoms with Crippen LogP contribution in [0.15, 0.2) is 34.9 Å². The van der Waals surface area contributed by atoms with Gasteiger partial charge in [0.2, 0.25) is 0 Å². The summed E-state index contributed by atoms with van der Waals surface area (Å²) < 4.78 is 1.79. The number of hydrogen-bond donors (Lipinski definition) is 1. The van der Waals surface area contributed by atoms with Crippen molar-refractivity contribution in [2.75, 3.05) is 0 Å². The number of aromatic carboxylic acids is 1. The Kier molecular flexibility index (Phi) is 3.11. The van der Waals surface area contributed by atoms with Gasteiger partial charge in [-0.2, -0.15) is 5.10 Å². The lowest BCUT2D eigenvalue weighted by molar-refractivity contribution is -0.384. The molecule has 0 aliphatic rings. The SMILES string of the molecule is O=C(O)c1ccn(-c2cc(Br)ccc2[N+](=O)[O-])n1. The molecule has 0 saturated carbocycles. The van der Waals surface area contributed by atoms with Gasteiger partial charge in [-0.15, -0.1) is 0 Å². The monoisotopic (exact) mass is 311 g/mol. The van der Waals surface area contributed by atoms with E-state index in [0.717, 1.165) is 4.68 Å². The summed E-state index contributed by atoms with van der Waals surface area (Å²) in [6.45, 7) is 0. The highest BCUT2D eigenvalue weighted by molar-refractivity contribution is 9.10. The van der Waals surface area contributed by atoms with Gasteiger partial charge in [0.15, 0.2) is 5.69 Å². The van der Waals surface area contributed by atoms with Gasteiger partial charge in [0, 0.05) is 16.7 Å². The Hall–Kier alpha value is -2.22. The van der Waals surface area contributed by atoms with E-state index in [4.69, 9.17) is 5.11 Å². The summed E-state index contributed by atoms with van der Waals surface area (Å²) in [6, 6.07) is 5.62. The first-order valence-electron chi connectivity index (χ1n) is 4.72. The summed E-state index contributed by atoms with van der Waals surface area (Å²) in [6.07, 6.45) is 1.36. The van der Waals surface area contributed by atoms with Crippen molar-refractivity contribution in [2.45, 2.75) is 0 Å². The van der Waals surface area contributed by atoms with Gasteiger partial charge in [-0.3, -0.25) is 10.1 Å². The Labute approximate surface area is 109 Å². The lowest BCUT2D eigenvalue weighted by Crippen LogP contribution is -2.03. The second-order valence-electron chi connectivity index (χ2n) is 3.34. The molecule has 8 heteroatoms. The third kappa shape index (κ3) is 2.23. The Balaban J connectivity index is 2.57. The fourth-order valence-electron chi connectivity index (χ4n) is 1.41. The van der Waals surface area contributed by atoms with E-state index in [1.807, 2.05) is 0 Å². The number of nitrogens with zero attached hydrogens (tertiary/aromatic N) is 3. The summed E-state index contributed by atoms with van der Waals surface area (Å²) in [5.74, 6) is -1.19. The van der Waals surface area contributed by atoms with E-state index >= 15 is 0 Å². The molecule has 1 heterocycles. The predicted octanol–water partition coefficient (Wildman–Crippen LogP) is 2.24. The highest BCUT2D eigenvalue weighted by Crippen LogP contribution is 2.26. The molecule has 0 saturated heterocycles. The van der Waals surface area contributed by atoms with Crippen LogP contribution in [0.4, 0.5) is 5.69 Å². The minimum atomic E-state index is -1.19. The van der Waals surface area contributed by atoms with Gasteiger partial charge < -0.3 is 5.11 Å². The van der Waals surface area contributed by atoms with Gasteiger partial charge in [-0.05, 0) is 18.2 Å². The van der Waals surface area contributed by atoms with E-state index in [9.17, 15) is 14.9 Å². The second kappa shape index (κ2) is 4.57. The molecular formula is C10H6BrN3O4. The van der Waals surface area contributed by atoms with E-state index in [1.54, 1.807) is 0 Å². The van der Waals surface area contributed by atoms with Crippen LogP contribution in [0.5, 0.6) is 0 Å². The molecule has 0 spiro atoms. The summed E-state index contributed by atoms with van der Waals surface area (Å²) in [5, 5.41) is 23.4. The van der Waals surface area contributed by atoms with Crippen LogP contribution in [-0.2, 0) is 0 Å². The van der Waals surface area contributed by atoms with Crippen molar-refractivity contribution in [3.8, 4) is 5.69 Å². The van der Waals surface area contributed by atoms with Crippen molar-refractivity contribution in [2.24, 2.45) is 0 Å². The maximum atomic E-state index is 10.9. The number of benzene rings is 1. The summed E-state index contributed by atoms with van der Waals surface area (Å²) in [5.41, 5.74) is -0.135. The van der Waals surface area contributed by atoms with Gasteiger partial charge in [-0.25, -0.2) is 9.48 Å². The smallest absolute Gasteiger partial charge is 0.356 e. The van der Waals surface area contributed by atoms with Gasteiger partial charge in [-0.1, -0.05) is 15.9 Å². The summed E-state index contributed by atoms with van der Waals surface area (Å²) in [7, 11) is 0. The van der Waals surface area contributed by atoms with Crippen molar-refractivity contribution >= 4 is 27.6 Å². The largest absolute Gasteiger partial charge is 0.476 e. The zero-order valence-corrected chi connectivity index (χ0v) is 10.4. The van der Waals surface area contributed by atoms with E-state index in [-0.39, 0.29) is 17.1 Å². The zero-order chi connectivity index (χ0) is 13.3. The van der Waals surface area contributed by atoms with Gasteiger partial charge in [0.1, 0.15) is 5.69 Å².